The van der Waals surface area contributed by atoms with Crippen molar-refractivity contribution in [2.24, 2.45) is 0 Å². The van der Waals surface area contributed by atoms with Crippen LogP contribution in [0.1, 0.15) is 6.92 Å². The second-order valence-corrected chi connectivity index (χ2v) is 4.43. The number of carbonyl (C=O) groups is 1. The summed E-state index contributed by atoms with van der Waals surface area (Å²) in [6.07, 6.45) is 1.56. The van der Waals surface area contributed by atoms with Crippen molar-refractivity contribution in [1.82, 2.24) is 0 Å². The second-order valence-electron chi connectivity index (χ2n) is 3.37. The molecule has 1 aromatic rings. The van der Waals surface area contributed by atoms with Crippen LogP contribution in [-0.4, -0.2) is 12.8 Å². The molecule has 1 aromatic carbocycles. The molecule has 2 nitrogen and oxygen atoms in total. The molecule has 0 amide bonds. The molecule has 0 saturated carbocycles. The molecule has 2 rings (SSSR count). The van der Waals surface area contributed by atoms with E-state index < -0.39 is 0 Å². The number of fused-ring (bicyclic) bond motifs is 1. The normalized spacial score (nSPS) is 17.0. The van der Waals surface area contributed by atoms with Crippen LogP contribution in [0.2, 0.25) is 0 Å². The topological polar surface area (TPSA) is 20.3 Å². The van der Waals surface area contributed by atoms with Crippen LogP contribution in [0, 0.1) is 5.82 Å². The minimum absolute atomic E-state index is 0.00220. The minimum Gasteiger partial charge on any atom is -0.338 e. The third-order valence-corrected chi connectivity index (χ3v) is 3.32. The maximum absolute atomic E-state index is 13.0. The van der Waals surface area contributed by atoms with Crippen molar-refractivity contribution in [2.45, 2.75) is 11.8 Å². The van der Waals surface area contributed by atoms with Crippen molar-refractivity contribution in [3.05, 3.63) is 35.1 Å². The Labute approximate surface area is 91.8 Å². The van der Waals surface area contributed by atoms with Gasteiger partial charge in [-0.25, -0.2) is 4.39 Å². The monoisotopic (exact) mass is 223 g/mol. The summed E-state index contributed by atoms with van der Waals surface area (Å²) in [6, 6.07) is 4.63. The molecule has 0 aromatic heterocycles. The molecule has 15 heavy (non-hydrogen) atoms. The third-order valence-electron chi connectivity index (χ3n) is 2.15. The van der Waals surface area contributed by atoms with Crippen LogP contribution < -0.4 is 4.90 Å². The number of hydrogen-bond acceptors (Lipinski definition) is 3. The number of anilines is 1. The maximum atomic E-state index is 13.0. The number of nitrogens with zero attached hydrogens (tertiary/aromatic N) is 1. The summed E-state index contributed by atoms with van der Waals surface area (Å²) in [5.74, 6) is -0.261. The summed E-state index contributed by atoms with van der Waals surface area (Å²) in [5.41, 5.74) is 0.813. The van der Waals surface area contributed by atoms with Crippen molar-refractivity contribution in [3.8, 4) is 0 Å². The second kappa shape index (κ2) is 3.70. The quantitative estimate of drug-likeness (QED) is 0.683. The van der Waals surface area contributed by atoms with Crippen LogP contribution in [0.3, 0.4) is 0 Å². The summed E-state index contributed by atoms with van der Waals surface area (Å²) < 4.78 is 13.0. The SMILES string of the molecule is CC(=O)/C=C1\Sc2ccc(F)cc2N1C. The molecule has 1 aliphatic rings. The molecule has 0 saturated heterocycles. The Bertz CT molecular complexity index is 456. The van der Waals surface area contributed by atoms with E-state index in [-0.39, 0.29) is 11.6 Å². The maximum Gasteiger partial charge on any atom is 0.155 e. The van der Waals surface area contributed by atoms with Gasteiger partial charge in [0.15, 0.2) is 5.78 Å². The van der Waals surface area contributed by atoms with Gasteiger partial charge in [-0.2, -0.15) is 0 Å². The molecule has 0 bridgehead atoms. The highest BCUT2D eigenvalue weighted by Crippen LogP contribution is 2.44. The van der Waals surface area contributed by atoms with Crippen LogP contribution in [0.15, 0.2) is 34.2 Å². The van der Waals surface area contributed by atoms with Crippen molar-refractivity contribution in [3.63, 3.8) is 0 Å². The number of thioether (sulfide) groups is 1. The fourth-order valence-corrected chi connectivity index (χ4v) is 2.56. The lowest BCUT2D eigenvalue weighted by atomic mass is 10.3. The fraction of sp³-hybridized carbons (Fsp3) is 0.182. The Morgan fingerprint density at radius 3 is 2.93 bits per heavy atom. The Morgan fingerprint density at radius 1 is 1.53 bits per heavy atom. The van der Waals surface area contributed by atoms with Crippen LogP contribution >= 0.6 is 11.8 Å². The van der Waals surface area contributed by atoms with Gasteiger partial charge in [0.1, 0.15) is 5.82 Å². The number of rotatable bonds is 1. The molecule has 0 fully saturated rings. The lowest BCUT2D eigenvalue weighted by Gasteiger charge is -2.12. The Balaban J connectivity index is 2.41. The first kappa shape index (κ1) is 10.2. The van der Waals surface area contributed by atoms with Gasteiger partial charge in [0.05, 0.1) is 10.7 Å². The first-order valence-corrected chi connectivity index (χ1v) is 5.33. The predicted molar refractivity (Wildman–Crippen MR) is 59.4 cm³/mol. The molecule has 1 aliphatic heterocycles. The molecular formula is C11H10FNOS. The van der Waals surface area contributed by atoms with Gasteiger partial charge in [-0.15, -0.1) is 0 Å². The number of benzene rings is 1. The number of hydrogen-bond donors (Lipinski definition) is 0. The van der Waals surface area contributed by atoms with Gasteiger partial charge in [-0.1, -0.05) is 11.8 Å². The van der Waals surface area contributed by atoms with E-state index in [4.69, 9.17) is 0 Å². The molecule has 4 heteroatoms. The van der Waals surface area contributed by atoms with Gasteiger partial charge in [0.2, 0.25) is 0 Å². The van der Waals surface area contributed by atoms with Gasteiger partial charge in [-0.3, -0.25) is 4.79 Å². The van der Waals surface area contributed by atoms with Crippen LogP contribution in [0.5, 0.6) is 0 Å². The summed E-state index contributed by atoms with van der Waals surface area (Å²) in [4.78, 5) is 13.8. The van der Waals surface area contributed by atoms with E-state index in [1.807, 2.05) is 11.9 Å². The molecule has 0 atom stereocenters. The zero-order valence-corrected chi connectivity index (χ0v) is 9.27. The highest BCUT2D eigenvalue weighted by atomic mass is 32.2. The summed E-state index contributed by atoms with van der Waals surface area (Å²) >= 11 is 1.48. The van der Waals surface area contributed by atoms with Gasteiger partial charge in [-0.05, 0) is 25.1 Å². The average Bonchev–Trinajstić information content (AvgIpc) is 2.44. The lowest BCUT2D eigenvalue weighted by Crippen LogP contribution is -2.10. The zero-order valence-electron chi connectivity index (χ0n) is 8.45. The molecule has 0 spiro atoms. The van der Waals surface area contributed by atoms with Crippen LogP contribution in [0.25, 0.3) is 0 Å². The molecular weight excluding hydrogens is 213 g/mol. The van der Waals surface area contributed by atoms with Gasteiger partial charge >= 0.3 is 0 Å². The lowest BCUT2D eigenvalue weighted by molar-refractivity contribution is -0.112. The Hall–Kier alpha value is -1.29. The molecule has 0 unspecified atom stereocenters. The highest BCUT2D eigenvalue weighted by Gasteiger charge is 2.22. The number of ketones is 1. The van der Waals surface area contributed by atoms with Crippen LogP contribution in [0.4, 0.5) is 10.1 Å². The smallest absolute Gasteiger partial charge is 0.155 e. The first-order valence-electron chi connectivity index (χ1n) is 4.51. The van der Waals surface area contributed by atoms with E-state index in [1.54, 1.807) is 12.1 Å². The van der Waals surface area contributed by atoms with E-state index in [1.165, 1.54) is 30.8 Å². The predicted octanol–water partition coefficient (Wildman–Crippen LogP) is 2.80. The van der Waals surface area contributed by atoms with E-state index in [9.17, 15) is 9.18 Å². The summed E-state index contributed by atoms with van der Waals surface area (Å²) in [6.45, 7) is 1.50. The summed E-state index contributed by atoms with van der Waals surface area (Å²) in [5, 5.41) is 0.836. The standard InChI is InChI=1S/C11H10FNOS/c1-7(14)5-11-13(2)9-6-8(12)3-4-10(9)15-11/h3-6H,1-2H3/b11-5-. The van der Waals surface area contributed by atoms with Crippen molar-refractivity contribution >= 4 is 23.2 Å². The van der Waals surface area contributed by atoms with Crippen molar-refractivity contribution < 1.29 is 9.18 Å². The fourth-order valence-electron chi connectivity index (χ4n) is 1.44. The molecule has 0 radical (unpaired) electrons. The molecule has 78 valence electrons. The van der Waals surface area contributed by atoms with Crippen LogP contribution in [-0.2, 0) is 4.79 Å². The molecule has 1 heterocycles. The van der Waals surface area contributed by atoms with E-state index in [0.29, 0.717) is 0 Å². The van der Waals surface area contributed by atoms with Gasteiger partial charge in [0.25, 0.3) is 0 Å². The molecule has 0 aliphatic carbocycles. The number of halogens is 1. The first-order chi connectivity index (χ1) is 7.08. The average molecular weight is 223 g/mol. The van der Waals surface area contributed by atoms with Gasteiger partial charge < -0.3 is 4.90 Å². The third kappa shape index (κ3) is 1.90. The van der Waals surface area contributed by atoms with Gasteiger partial charge in [0, 0.05) is 18.0 Å². The Morgan fingerprint density at radius 2 is 2.27 bits per heavy atom. The highest BCUT2D eigenvalue weighted by molar-refractivity contribution is 8.03. The number of allylic oxidation sites excluding steroid dienone is 1. The molecule has 0 N–H and O–H groups in total. The Kier molecular flexibility index (Phi) is 2.52. The van der Waals surface area contributed by atoms with Crippen molar-refractivity contribution in [2.75, 3.05) is 11.9 Å². The largest absolute Gasteiger partial charge is 0.338 e. The van der Waals surface area contributed by atoms with E-state index >= 15 is 0 Å². The minimum atomic E-state index is -0.259. The summed E-state index contributed by atoms with van der Waals surface area (Å²) in [7, 11) is 1.83. The number of carbonyl (C=O) groups excluding carboxylic acids is 1. The van der Waals surface area contributed by atoms with Crippen molar-refractivity contribution in [1.29, 1.82) is 0 Å². The van der Waals surface area contributed by atoms with E-state index in [2.05, 4.69) is 0 Å². The zero-order chi connectivity index (χ0) is 11.0. The van der Waals surface area contributed by atoms with E-state index in [0.717, 1.165) is 15.6 Å².